The van der Waals surface area contributed by atoms with Crippen LogP contribution in [0.5, 0.6) is 0 Å². The van der Waals surface area contributed by atoms with Crippen LogP contribution in [0.25, 0.3) is 0 Å². The molecule has 0 unspecified atom stereocenters. The maximum Gasteiger partial charge on any atom is 0.186 e. The highest BCUT2D eigenvalue weighted by Gasteiger charge is 1.97. The molecule has 0 aliphatic carbocycles. The first-order valence-corrected chi connectivity index (χ1v) is 5.51. The number of furan rings is 1. The highest BCUT2D eigenvalue weighted by Crippen LogP contribution is 2.12. The Balaban J connectivity index is 0.000000187. The van der Waals surface area contributed by atoms with Gasteiger partial charge in [-0.2, -0.15) is 0 Å². The monoisotopic (exact) mass is 223 g/mol. The lowest BCUT2D eigenvalue weighted by atomic mass is 10.5. The molecule has 0 saturated carbocycles. The lowest BCUT2D eigenvalue weighted by Gasteiger charge is -1.90. The van der Waals surface area contributed by atoms with E-state index in [4.69, 9.17) is 4.42 Å². The van der Waals surface area contributed by atoms with E-state index in [0.29, 0.717) is 5.75 Å². The molecule has 80 valence electrons. The molecule has 4 heteroatoms. The van der Waals surface area contributed by atoms with Gasteiger partial charge >= 0.3 is 0 Å². The summed E-state index contributed by atoms with van der Waals surface area (Å²) in [6, 6.07) is 7.56. The van der Waals surface area contributed by atoms with Gasteiger partial charge in [0.25, 0.3) is 0 Å². The van der Waals surface area contributed by atoms with Crippen LogP contribution in [-0.2, 0) is 10.5 Å². The molecule has 15 heavy (non-hydrogen) atoms. The Labute approximate surface area is 92.9 Å². The van der Waals surface area contributed by atoms with Crippen LogP contribution in [0, 0.1) is 0 Å². The third-order valence-corrected chi connectivity index (χ3v) is 2.33. The van der Waals surface area contributed by atoms with E-state index in [-0.39, 0.29) is 5.12 Å². The first-order valence-electron chi connectivity index (χ1n) is 4.52. The van der Waals surface area contributed by atoms with Crippen LogP contribution in [0.2, 0.25) is 0 Å². The van der Waals surface area contributed by atoms with Gasteiger partial charge in [0.05, 0.1) is 12.0 Å². The first-order chi connectivity index (χ1) is 7.29. The summed E-state index contributed by atoms with van der Waals surface area (Å²) in [4.78, 5) is 13.3. The maximum absolute atomic E-state index is 10.5. The molecular weight excluding hydrogens is 210 g/mol. The number of thioether (sulfide) groups is 1. The molecule has 0 aliphatic rings. The molecule has 0 aliphatic heterocycles. The molecule has 2 aromatic heterocycles. The quantitative estimate of drug-likeness (QED) is 0.851. The van der Waals surface area contributed by atoms with Gasteiger partial charge < -0.3 is 9.40 Å². The van der Waals surface area contributed by atoms with Crippen LogP contribution in [0.1, 0.15) is 12.7 Å². The molecule has 0 saturated heterocycles. The van der Waals surface area contributed by atoms with Crippen molar-refractivity contribution >= 4 is 16.9 Å². The summed E-state index contributed by atoms with van der Waals surface area (Å²) in [6.07, 6.45) is 5.36. The molecular formula is C11H13NO2S. The summed E-state index contributed by atoms with van der Waals surface area (Å²) >= 11 is 1.26. The van der Waals surface area contributed by atoms with E-state index in [1.807, 2.05) is 36.7 Å². The van der Waals surface area contributed by atoms with Gasteiger partial charge in [0, 0.05) is 19.3 Å². The molecule has 3 nitrogen and oxygen atoms in total. The van der Waals surface area contributed by atoms with Crippen molar-refractivity contribution in [3.8, 4) is 0 Å². The number of carbonyl (C=O) groups excluding carboxylic acids is 1. The minimum Gasteiger partial charge on any atom is -0.468 e. The molecule has 0 bridgehead atoms. The number of hydrogen-bond acceptors (Lipinski definition) is 3. The van der Waals surface area contributed by atoms with E-state index >= 15 is 0 Å². The second kappa shape index (κ2) is 6.95. The van der Waals surface area contributed by atoms with Crippen LogP contribution in [0.4, 0.5) is 0 Å². The van der Waals surface area contributed by atoms with Crippen molar-refractivity contribution in [3.05, 3.63) is 48.7 Å². The van der Waals surface area contributed by atoms with Crippen LogP contribution < -0.4 is 0 Å². The topological polar surface area (TPSA) is 46.0 Å². The molecule has 0 fully saturated rings. The summed E-state index contributed by atoms with van der Waals surface area (Å²) in [5, 5.41) is 0.122. The van der Waals surface area contributed by atoms with E-state index < -0.39 is 0 Å². The fourth-order valence-corrected chi connectivity index (χ4v) is 1.36. The van der Waals surface area contributed by atoms with Gasteiger partial charge in [0.2, 0.25) is 0 Å². The summed E-state index contributed by atoms with van der Waals surface area (Å²) in [6.45, 7) is 1.55. The second-order valence-electron chi connectivity index (χ2n) is 2.74. The van der Waals surface area contributed by atoms with E-state index in [0.717, 1.165) is 5.76 Å². The molecule has 0 radical (unpaired) electrons. The van der Waals surface area contributed by atoms with E-state index in [2.05, 4.69) is 4.98 Å². The fourth-order valence-electron chi connectivity index (χ4n) is 0.845. The van der Waals surface area contributed by atoms with Gasteiger partial charge in [-0.15, -0.1) is 0 Å². The summed E-state index contributed by atoms with van der Waals surface area (Å²) in [5.74, 6) is 1.49. The number of aromatic nitrogens is 1. The zero-order valence-electron chi connectivity index (χ0n) is 8.47. The molecule has 0 amide bonds. The Hall–Kier alpha value is -1.42. The predicted molar refractivity (Wildman–Crippen MR) is 61.5 cm³/mol. The minimum atomic E-state index is 0.122. The highest BCUT2D eigenvalue weighted by molar-refractivity contribution is 8.12. The van der Waals surface area contributed by atoms with Crippen molar-refractivity contribution < 1.29 is 9.21 Å². The standard InChI is InChI=1S/C7H8O2S.C4H5N/c1-6(8)10-5-7-3-2-4-9-7;1-2-4-5-3-1/h2-4H,5H2,1H3;1-5H. The summed E-state index contributed by atoms with van der Waals surface area (Å²) < 4.78 is 5.01. The average molecular weight is 223 g/mol. The number of hydrogen-bond donors (Lipinski definition) is 1. The van der Waals surface area contributed by atoms with Crippen molar-refractivity contribution in [2.75, 3.05) is 0 Å². The van der Waals surface area contributed by atoms with Crippen molar-refractivity contribution in [3.63, 3.8) is 0 Å². The minimum absolute atomic E-state index is 0.122. The molecule has 0 aromatic carbocycles. The predicted octanol–water partition coefficient (Wildman–Crippen LogP) is 3.07. The lowest BCUT2D eigenvalue weighted by molar-refractivity contribution is -0.109. The maximum atomic E-state index is 10.5. The van der Waals surface area contributed by atoms with Crippen molar-refractivity contribution in [2.24, 2.45) is 0 Å². The Morgan fingerprint density at radius 3 is 2.53 bits per heavy atom. The molecule has 1 N–H and O–H groups in total. The third-order valence-electron chi connectivity index (χ3n) is 1.49. The Bertz CT molecular complexity index is 337. The Kier molecular flexibility index (Phi) is 5.40. The molecule has 2 rings (SSSR count). The molecule has 0 spiro atoms. The van der Waals surface area contributed by atoms with Gasteiger partial charge in [-0.3, -0.25) is 4.79 Å². The Morgan fingerprint density at radius 1 is 1.40 bits per heavy atom. The van der Waals surface area contributed by atoms with Crippen LogP contribution in [0.15, 0.2) is 47.3 Å². The van der Waals surface area contributed by atoms with Crippen molar-refractivity contribution in [1.29, 1.82) is 0 Å². The second-order valence-corrected chi connectivity index (χ2v) is 3.90. The largest absolute Gasteiger partial charge is 0.468 e. The van der Waals surface area contributed by atoms with Gasteiger partial charge in [0.15, 0.2) is 5.12 Å². The van der Waals surface area contributed by atoms with Gasteiger partial charge in [-0.05, 0) is 24.3 Å². The first kappa shape index (κ1) is 11.7. The SMILES string of the molecule is CC(=O)SCc1ccco1.c1cc[nH]c1. The number of rotatable bonds is 2. The number of H-pyrrole nitrogens is 1. The third kappa shape index (κ3) is 5.80. The van der Waals surface area contributed by atoms with Gasteiger partial charge in [0.1, 0.15) is 5.76 Å². The van der Waals surface area contributed by atoms with Crippen molar-refractivity contribution in [2.45, 2.75) is 12.7 Å². The molecule has 2 aromatic rings. The zero-order chi connectivity index (χ0) is 10.9. The zero-order valence-corrected chi connectivity index (χ0v) is 9.29. The summed E-state index contributed by atoms with van der Waals surface area (Å²) in [7, 11) is 0. The fraction of sp³-hybridized carbons (Fsp3) is 0.182. The highest BCUT2D eigenvalue weighted by atomic mass is 32.2. The summed E-state index contributed by atoms with van der Waals surface area (Å²) in [5.41, 5.74) is 0. The normalized spacial score (nSPS) is 9.13. The number of carbonyl (C=O) groups is 1. The van der Waals surface area contributed by atoms with Crippen LogP contribution in [-0.4, -0.2) is 10.1 Å². The van der Waals surface area contributed by atoms with Gasteiger partial charge in [-0.1, -0.05) is 11.8 Å². The molecule has 2 heterocycles. The van der Waals surface area contributed by atoms with Gasteiger partial charge in [-0.25, -0.2) is 0 Å². The lowest BCUT2D eigenvalue weighted by Crippen LogP contribution is -1.81. The van der Waals surface area contributed by atoms with Crippen LogP contribution in [0.3, 0.4) is 0 Å². The van der Waals surface area contributed by atoms with E-state index in [9.17, 15) is 4.79 Å². The van der Waals surface area contributed by atoms with Crippen molar-refractivity contribution in [1.82, 2.24) is 4.98 Å². The molecule has 0 atom stereocenters. The smallest absolute Gasteiger partial charge is 0.186 e. The van der Waals surface area contributed by atoms with Crippen LogP contribution >= 0.6 is 11.8 Å². The Morgan fingerprint density at radius 2 is 2.13 bits per heavy atom. The average Bonchev–Trinajstić information content (AvgIpc) is 2.91. The van der Waals surface area contributed by atoms with E-state index in [1.165, 1.54) is 11.8 Å². The number of nitrogens with one attached hydrogen (secondary N) is 1. The van der Waals surface area contributed by atoms with E-state index in [1.54, 1.807) is 13.2 Å². The number of aromatic amines is 1.